The molecule has 0 spiro atoms. The fourth-order valence-electron chi connectivity index (χ4n) is 3.94. The van der Waals surface area contributed by atoms with Crippen LogP contribution in [0, 0.1) is 0 Å². The third kappa shape index (κ3) is 2.43. The molecule has 2 heterocycles. The van der Waals surface area contributed by atoms with Crippen molar-refractivity contribution in [2.75, 3.05) is 11.4 Å². The lowest BCUT2D eigenvalue weighted by Crippen LogP contribution is -2.47. The van der Waals surface area contributed by atoms with E-state index < -0.39 is 0 Å². The lowest BCUT2D eigenvalue weighted by Gasteiger charge is -2.33. The van der Waals surface area contributed by atoms with Crippen molar-refractivity contribution in [3.8, 4) is 0 Å². The Hall–Kier alpha value is -2.66. The van der Waals surface area contributed by atoms with Crippen LogP contribution < -0.4 is 16.0 Å². The van der Waals surface area contributed by atoms with Crippen molar-refractivity contribution in [2.24, 2.45) is 5.73 Å². The molecule has 0 saturated carbocycles. The van der Waals surface area contributed by atoms with Crippen LogP contribution in [0.25, 0.3) is 10.8 Å². The predicted octanol–water partition coefficient (Wildman–Crippen LogP) is 2.48. The van der Waals surface area contributed by atoms with E-state index in [1.165, 1.54) is 5.56 Å². The minimum Gasteiger partial charge on any atom is -0.330 e. The van der Waals surface area contributed by atoms with E-state index in [0.29, 0.717) is 25.1 Å². The lowest BCUT2D eigenvalue weighted by molar-refractivity contribution is -0.121. The van der Waals surface area contributed by atoms with Crippen molar-refractivity contribution in [1.29, 1.82) is 0 Å². The van der Waals surface area contributed by atoms with Crippen molar-refractivity contribution in [3.05, 3.63) is 53.7 Å². The third-order valence-electron chi connectivity index (χ3n) is 5.13. The Morgan fingerprint density at radius 3 is 2.84 bits per heavy atom. The molecular formula is C20H21N3O2. The summed E-state index contributed by atoms with van der Waals surface area (Å²) in [6.07, 6.45) is 2.82. The lowest BCUT2D eigenvalue weighted by atomic mass is 9.97. The number of benzene rings is 2. The van der Waals surface area contributed by atoms with Crippen LogP contribution in [0.5, 0.6) is 0 Å². The molecular weight excluding hydrogens is 314 g/mol. The van der Waals surface area contributed by atoms with E-state index in [1.807, 2.05) is 18.2 Å². The summed E-state index contributed by atoms with van der Waals surface area (Å²) in [5, 5.41) is 4.91. The van der Waals surface area contributed by atoms with Crippen LogP contribution in [0.4, 0.5) is 5.69 Å². The molecule has 0 aliphatic carbocycles. The van der Waals surface area contributed by atoms with Gasteiger partial charge in [-0.15, -0.1) is 0 Å². The maximum Gasteiger partial charge on any atom is 0.259 e. The van der Waals surface area contributed by atoms with E-state index in [2.05, 4.69) is 24.0 Å². The molecule has 25 heavy (non-hydrogen) atoms. The highest BCUT2D eigenvalue weighted by atomic mass is 16.2. The van der Waals surface area contributed by atoms with Gasteiger partial charge in [-0.1, -0.05) is 24.8 Å². The first-order chi connectivity index (χ1) is 12.1. The highest BCUT2D eigenvalue weighted by Gasteiger charge is 2.38. The van der Waals surface area contributed by atoms with Gasteiger partial charge in [0.25, 0.3) is 5.91 Å². The van der Waals surface area contributed by atoms with Crippen LogP contribution in [0.2, 0.25) is 0 Å². The number of carbonyl (C=O) groups is 2. The van der Waals surface area contributed by atoms with Gasteiger partial charge < -0.3 is 11.1 Å². The monoisotopic (exact) mass is 335 g/mol. The minimum atomic E-state index is -0.198. The molecule has 128 valence electrons. The molecule has 1 saturated heterocycles. The molecule has 3 N–H and O–H groups in total. The van der Waals surface area contributed by atoms with Crippen molar-refractivity contribution in [1.82, 2.24) is 5.32 Å². The van der Waals surface area contributed by atoms with Gasteiger partial charge in [0.05, 0.1) is 11.7 Å². The van der Waals surface area contributed by atoms with Crippen molar-refractivity contribution in [3.63, 3.8) is 0 Å². The fraction of sp³-hybridized carbons (Fsp3) is 0.300. The number of aryl methyl sites for hydroxylation is 1. The van der Waals surface area contributed by atoms with E-state index in [0.717, 1.165) is 34.9 Å². The first kappa shape index (κ1) is 15.8. The Labute approximate surface area is 146 Å². The normalized spacial score (nSPS) is 19.6. The summed E-state index contributed by atoms with van der Waals surface area (Å²) in [6.45, 7) is 4.62. The van der Waals surface area contributed by atoms with E-state index in [9.17, 15) is 9.59 Å². The van der Waals surface area contributed by atoms with Gasteiger partial charge in [-0.25, -0.2) is 0 Å². The van der Waals surface area contributed by atoms with Crippen LogP contribution in [0.15, 0.2) is 42.6 Å². The van der Waals surface area contributed by atoms with Crippen molar-refractivity contribution in [2.45, 2.75) is 31.7 Å². The smallest absolute Gasteiger partial charge is 0.259 e. The molecule has 0 radical (unpaired) electrons. The second kappa shape index (κ2) is 6.01. The number of nitrogens with two attached hydrogens (primary N) is 1. The molecule has 1 fully saturated rings. The number of amides is 2. The average molecular weight is 335 g/mol. The maximum absolute atomic E-state index is 13.1. The van der Waals surface area contributed by atoms with E-state index >= 15 is 0 Å². The number of nitrogens with one attached hydrogen (secondary N) is 1. The van der Waals surface area contributed by atoms with Gasteiger partial charge >= 0.3 is 0 Å². The Balaban J connectivity index is 1.81. The van der Waals surface area contributed by atoms with Crippen LogP contribution in [-0.4, -0.2) is 24.4 Å². The first-order valence-corrected chi connectivity index (χ1v) is 8.68. The zero-order valence-electron chi connectivity index (χ0n) is 14.0. The molecule has 2 aromatic carbocycles. The second-order valence-corrected chi connectivity index (χ2v) is 6.67. The zero-order valence-corrected chi connectivity index (χ0v) is 14.0. The van der Waals surface area contributed by atoms with Gasteiger partial charge in [-0.3, -0.25) is 14.5 Å². The molecule has 4 rings (SSSR count). The standard InChI is InChI=1S/C20H21N3O2/c1-12-16(9-10-18(24)22-12)23-17-8-7-13(4-3-11-21)14-5-2-6-15(19(14)17)20(23)25/h2,5-8,16H,1,3-4,9-11,21H2,(H,22,24). The summed E-state index contributed by atoms with van der Waals surface area (Å²) in [5.74, 6) is -0.0495. The SMILES string of the molecule is C=C1NC(=O)CCC1N1C(=O)c2cccc3c(CCCN)ccc1c23. The Morgan fingerprint density at radius 2 is 2.08 bits per heavy atom. The molecule has 0 bridgehead atoms. The number of nitrogens with zero attached hydrogens (tertiary/aromatic N) is 1. The van der Waals surface area contributed by atoms with Crippen LogP contribution in [0.3, 0.4) is 0 Å². The van der Waals surface area contributed by atoms with Gasteiger partial charge in [0.1, 0.15) is 0 Å². The number of hydrogen-bond acceptors (Lipinski definition) is 3. The second-order valence-electron chi connectivity index (χ2n) is 6.67. The summed E-state index contributed by atoms with van der Waals surface area (Å²) in [5.41, 5.74) is 9.11. The number of carbonyl (C=O) groups excluding carboxylic acids is 2. The molecule has 5 nitrogen and oxygen atoms in total. The predicted molar refractivity (Wildman–Crippen MR) is 98.4 cm³/mol. The summed E-state index contributed by atoms with van der Waals surface area (Å²) < 4.78 is 0. The third-order valence-corrected chi connectivity index (χ3v) is 5.13. The molecule has 0 aromatic heterocycles. The van der Waals surface area contributed by atoms with Crippen LogP contribution >= 0.6 is 0 Å². The highest BCUT2D eigenvalue weighted by molar-refractivity contribution is 6.26. The maximum atomic E-state index is 13.1. The van der Waals surface area contributed by atoms with Gasteiger partial charge in [-0.05, 0) is 48.9 Å². The summed E-state index contributed by atoms with van der Waals surface area (Å²) in [4.78, 5) is 26.5. The zero-order chi connectivity index (χ0) is 17.6. The van der Waals surface area contributed by atoms with Gasteiger partial charge in [0, 0.05) is 23.1 Å². The molecule has 1 atom stereocenters. The number of anilines is 1. The summed E-state index contributed by atoms with van der Waals surface area (Å²) in [7, 11) is 0. The van der Waals surface area contributed by atoms with Gasteiger partial charge in [-0.2, -0.15) is 0 Å². The largest absolute Gasteiger partial charge is 0.330 e. The summed E-state index contributed by atoms with van der Waals surface area (Å²) >= 11 is 0. The number of rotatable bonds is 4. The molecule has 2 aliphatic rings. The Morgan fingerprint density at radius 1 is 1.24 bits per heavy atom. The van der Waals surface area contributed by atoms with Gasteiger partial charge in [0.2, 0.25) is 5.91 Å². The Kier molecular flexibility index (Phi) is 3.81. The number of piperidine rings is 1. The molecule has 5 heteroatoms. The topological polar surface area (TPSA) is 75.4 Å². The van der Waals surface area contributed by atoms with E-state index in [4.69, 9.17) is 5.73 Å². The molecule has 1 unspecified atom stereocenters. The van der Waals surface area contributed by atoms with E-state index in [-0.39, 0.29) is 17.9 Å². The molecule has 2 aromatic rings. The van der Waals surface area contributed by atoms with E-state index in [1.54, 1.807) is 4.90 Å². The fourth-order valence-corrected chi connectivity index (χ4v) is 3.94. The molecule has 2 amide bonds. The highest BCUT2D eigenvalue weighted by Crippen LogP contribution is 2.41. The van der Waals surface area contributed by atoms with Gasteiger partial charge in [0.15, 0.2) is 0 Å². The number of hydrogen-bond donors (Lipinski definition) is 2. The van der Waals surface area contributed by atoms with Crippen molar-refractivity contribution >= 4 is 28.3 Å². The average Bonchev–Trinajstić information content (AvgIpc) is 2.89. The Bertz CT molecular complexity index is 903. The summed E-state index contributed by atoms with van der Waals surface area (Å²) in [6, 6.07) is 9.80. The van der Waals surface area contributed by atoms with Crippen molar-refractivity contribution < 1.29 is 9.59 Å². The minimum absolute atomic E-state index is 0.0149. The first-order valence-electron chi connectivity index (χ1n) is 8.68. The van der Waals surface area contributed by atoms with Crippen LogP contribution in [0.1, 0.15) is 35.2 Å². The van der Waals surface area contributed by atoms with Crippen LogP contribution in [-0.2, 0) is 11.2 Å². The molecule has 2 aliphatic heterocycles. The quantitative estimate of drug-likeness (QED) is 0.901.